The summed E-state index contributed by atoms with van der Waals surface area (Å²) < 4.78 is 0. The van der Waals surface area contributed by atoms with Gasteiger partial charge < -0.3 is 4.90 Å². The summed E-state index contributed by atoms with van der Waals surface area (Å²) in [5, 5.41) is 4.14. The molecule has 3 heteroatoms. The van der Waals surface area contributed by atoms with Crippen LogP contribution in [-0.2, 0) is 0 Å². The zero-order valence-electron chi connectivity index (χ0n) is 18.4. The highest BCUT2D eigenvalue weighted by Gasteiger charge is 2.32. The number of hydrogen-bond acceptors (Lipinski definition) is 2. The van der Waals surface area contributed by atoms with Crippen molar-refractivity contribution in [2.45, 2.75) is 39.8 Å². The molecular weight excluding hydrogens is 383 g/mol. The van der Waals surface area contributed by atoms with E-state index in [1.807, 2.05) is 0 Å². The first-order valence-electron chi connectivity index (χ1n) is 10.9. The molecule has 0 aliphatic carbocycles. The normalized spacial score (nSPS) is 16.6. The van der Waals surface area contributed by atoms with Crippen molar-refractivity contribution in [3.63, 3.8) is 0 Å². The molecular formula is C27H31N2P. The van der Waals surface area contributed by atoms with Gasteiger partial charge in [-0.05, 0) is 43.6 Å². The van der Waals surface area contributed by atoms with Crippen molar-refractivity contribution in [2.24, 2.45) is 10.9 Å². The summed E-state index contributed by atoms with van der Waals surface area (Å²) in [5.74, 6) is 1.71. The third-order valence-corrected chi connectivity index (χ3v) is 8.25. The van der Waals surface area contributed by atoms with E-state index >= 15 is 0 Å². The van der Waals surface area contributed by atoms with Crippen LogP contribution in [0.3, 0.4) is 0 Å². The van der Waals surface area contributed by atoms with Crippen LogP contribution in [0.25, 0.3) is 0 Å². The van der Waals surface area contributed by atoms with Gasteiger partial charge in [-0.25, -0.2) is 0 Å². The molecule has 1 heterocycles. The Morgan fingerprint density at radius 3 is 1.83 bits per heavy atom. The van der Waals surface area contributed by atoms with Crippen LogP contribution in [0.2, 0.25) is 0 Å². The molecule has 0 N–H and O–H groups in total. The molecule has 154 valence electrons. The molecule has 1 aliphatic rings. The molecule has 3 aromatic rings. The second-order valence-corrected chi connectivity index (χ2v) is 10.7. The standard InChI is InChI=1S/C27H31N2P/c1-20(2)25-19-29(21(3)4)27(28-25)24-17-11-12-18-26(24)30(22-13-7-5-8-14-22)23-15-9-6-10-16-23/h5-18,20-21,25H,19H2,1-4H3/t25-/m1/s1. The van der Waals surface area contributed by atoms with E-state index in [1.165, 1.54) is 27.3 Å². The van der Waals surface area contributed by atoms with Crippen LogP contribution in [-0.4, -0.2) is 29.4 Å². The predicted molar refractivity (Wildman–Crippen MR) is 132 cm³/mol. The van der Waals surface area contributed by atoms with Gasteiger partial charge in [0.1, 0.15) is 5.84 Å². The molecule has 0 unspecified atom stereocenters. The van der Waals surface area contributed by atoms with Crippen molar-refractivity contribution in [3.8, 4) is 0 Å². The summed E-state index contributed by atoms with van der Waals surface area (Å²) >= 11 is 0. The molecule has 0 saturated carbocycles. The molecule has 1 atom stereocenters. The summed E-state index contributed by atoms with van der Waals surface area (Å²) in [6.45, 7) is 10.1. The van der Waals surface area contributed by atoms with Crippen LogP contribution in [0.4, 0.5) is 0 Å². The van der Waals surface area contributed by atoms with Crippen molar-refractivity contribution in [1.82, 2.24) is 4.90 Å². The Morgan fingerprint density at radius 2 is 1.30 bits per heavy atom. The van der Waals surface area contributed by atoms with Gasteiger partial charge in [0, 0.05) is 18.2 Å². The van der Waals surface area contributed by atoms with Crippen molar-refractivity contribution < 1.29 is 0 Å². The van der Waals surface area contributed by atoms with Gasteiger partial charge in [0.15, 0.2) is 0 Å². The lowest BCUT2D eigenvalue weighted by atomic mass is 10.1. The molecule has 2 nitrogen and oxygen atoms in total. The highest BCUT2D eigenvalue weighted by molar-refractivity contribution is 7.80. The lowest BCUT2D eigenvalue weighted by Crippen LogP contribution is -2.39. The van der Waals surface area contributed by atoms with Gasteiger partial charge in [0.05, 0.1) is 6.04 Å². The Morgan fingerprint density at radius 1 is 0.767 bits per heavy atom. The van der Waals surface area contributed by atoms with E-state index in [0.29, 0.717) is 18.0 Å². The summed E-state index contributed by atoms with van der Waals surface area (Å²) in [6, 6.07) is 31.6. The van der Waals surface area contributed by atoms with E-state index < -0.39 is 7.92 Å². The van der Waals surface area contributed by atoms with Crippen molar-refractivity contribution >= 4 is 29.7 Å². The van der Waals surface area contributed by atoms with E-state index in [0.717, 1.165) is 6.54 Å². The smallest absolute Gasteiger partial charge is 0.132 e. The van der Waals surface area contributed by atoms with Gasteiger partial charge >= 0.3 is 0 Å². The number of benzene rings is 3. The first-order valence-corrected chi connectivity index (χ1v) is 12.2. The zero-order valence-corrected chi connectivity index (χ0v) is 19.3. The first-order chi connectivity index (χ1) is 14.6. The van der Waals surface area contributed by atoms with E-state index in [9.17, 15) is 0 Å². The van der Waals surface area contributed by atoms with Crippen LogP contribution in [0.15, 0.2) is 89.9 Å². The van der Waals surface area contributed by atoms with Crippen LogP contribution in [0, 0.1) is 5.92 Å². The Kier molecular flexibility index (Phi) is 6.35. The molecule has 0 amide bonds. The maximum absolute atomic E-state index is 5.24. The SMILES string of the molecule is CC(C)[C@H]1CN(C(C)C)C(c2ccccc2P(c2ccccc2)c2ccccc2)=N1. The molecule has 0 spiro atoms. The van der Waals surface area contributed by atoms with Gasteiger partial charge in [-0.15, -0.1) is 0 Å². The highest BCUT2D eigenvalue weighted by atomic mass is 31.1. The minimum Gasteiger partial charge on any atom is -0.352 e. The molecule has 0 aromatic heterocycles. The number of nitrogens with zero attached hydrogens (tertiary/aromatic N) is 2. The van der Waals surface area contributed by atoms with Gasteiger partial charge in [-0.3, -0.25) is 4.99 Å². The van der Waals surface area contributed by atoms with E-state index in [-0.39, 0.29) is 0 Å². The molecule has 3 aromatic carbocycles. The largest absolute Gasteiger partial charge is 0.352 e. The quantitative estimate of drug-likeness (QED) is 0.522. The van der Waals surface area contributed by atoms with Crippen LogP contribution >= 0.6 is 7.92 Å². The van der Waals surface area contributed by atoms with Gasteiger partial charge in [-0.2, -0.15) is 0 Å². The third-order valence-electron chi connectivity index (χ3n) is 5.75. The minimum atomic E-state index is -0.658. The molecule has 30 heavy (non-hydrogen) atoms. The van der Waals surface area contributed by atoms with Crippen LogP contribution in [0.5, 0.6) is 0 Å². The number of amidine groups is 1. The van der Waals surface area contributed by atoms with Gasteiger partial charge in [-0.1, -0.05) is 98.8 Å². The number of aliphatic imine (C=N–C) groups is 1. The second-order valence-electron chi connectivity index (χ2n) is 8.53. The monoisotopic (exact) mass is 414 g/mol. The van der Waals surface area contributed by atoms with E-state index in [1.54, 1.807) is 0 Å². The predicted octanol–water partition coefficient (Wildman–Crippen LogP) is 4.94. The number of hydrogen-bond donors (Lipinski definition) is 0. The lowest BCUT2D eigenvalue weighted by Gasteiger charge is -2.29. The average Bonchev–Trinajstić information content (AvgIpc) is 3.22. The average molecular weight is 415 g/mol. The summed E-state index contributed by atoms with van der Waals surface area (Å²) in [5.41, 5.74) is 1.29. The Balaban J connectivity index is 1.88. The van der Waals surface area contributed by atoms with Crippen molar-refractivity contribution in [2.75, 3.05) is 6.54 Å². The Bertz CT molecular complexity index is 956. The minimum absolute atomic E-state index is 0.357. The maximum Gasteiger partial charge on any atom is 0.132 e. The van der Waals surface area contributed by atoms with Gasteiger partial charge in [0.25, 0.3) is 0 Å². The zero-order chi connectivity index (χ0) is 21.1. The van der Waals surface area contributed by atoms with Crippen molar-refractivity contribution in [3.05, 3.63) is 90.5 Å². The van der Waals surface area contributed by atoms with Crippen LogP contribution in [0.1, 0.15) is 33.3 Å². The van der Waals surface area contributed by atoms with E-state index in [2.05, 4.69) is 118 Å². The molecule has 4 rings (SSSR count). The molecule has 0 fully saturated rings. The lowest BCUT2D eigenvalue weighted by molar-refractivity contribution is 0.333. The summed E-state index contributed by atoms with van der Waals surface area (Å²) in [7, 11) is -0.658. The Labute approximate surface area is 182 Å². The third kappa shape index (κ3) is 4.20. The molecule has 1 aliphatic heterocycles. The maximum atomic E-state index is 5.24. The fourth-order valence-corrected chi connectivity index (χ4v) is 6.48. The summed E-state index contributed by atoms with van der Waals surface area (Å²) in [6.07, 6.45) is 0. The number of rotatable bonds is 6. The Hall–Kier alpha value is -2.44. The summed E-state index contributed by atoms with van der Waals surface area (Å²) in [4.78, 5) is 7.74. The van der Waals surface area contributed by atoms with Gasteiger partial charge in [0.2, 0.25) is 0 Å². The fraction of sp³-hybridized carbons (Fsp3) is 0.296. The molecule has 0 radical (unpaired) electrons. The fourth-order valence-electron chi connectivity index (χ4n) is 4.04. The van der Waals surface area contributed by atoms with Crippen molar-refractivity contribution in [1.29, 1.82) is 0 Å². The first kappa shape index (κ1) is 20.8. The molecule has 0 saturated heterocycles. The topological polar surface area (TPSA) is 15.6 Å². The van der Waals surface area contributed by atoms with Crippen LogP contribution < -0.4 is 15.9 Å². The second kappa shape index (κ2) is 9.14. The highest BCUT2D eigenvalue weighted by Crippen LogP contribution is 2.35. The molecule has 0 bridgehead atoms. The van der Waals surface area contributed by atoms with E-state index in [4.69, 9.17) is 4.99 Å².